The third kappa shape index (κ3) is 8.59. The van der Waals surface area contributed by atoms with Gasteiger partial charge < -0.3 is 19.2 Å². The lowest BCUT2D eigenvalue weighted by molar-refractivity contribution is 0.208. The SMILES string of the molecule is CCCCOP(=N)(O)OP(=O)(O)O. The van der Waals surface area contributed by atoms with Gasteiger partial charge in [-0.2, -0.15) is 0 Å². The second kappa shape index (κ2) is 5.22. The van der Waals surface area contributed by atoms with Gasteiger partial charge in [-0.25, -0.2) is 14.0 Å². The van der Waals surface area contributed by atoms with E-state index in [1.165, 1.54) is 0 Å². The van der Waals surface area contributed by atoms with Crippen LogP contribution in [0.15, 0.2) is 0 Å². The summed E-state index contributed by atoms with van der Waals surface area (Å²) < 4.78 is 18.4. The van der Waals surface area contributed by atoms with Crippen molar-refractivity contribution in [3.05, 3.63) is 0 Å². The summed E-state index contributed by atoms with van der Waals surface area (Å²) in [6.45, 7) is 1.92. The zero-order valence-electron chi connectivity index (χ0n) is 7.08. The molecular weight excluding hydrogens is 220 g/mol. The molecule has 0 aliphatic heterocycles. The highest BCUT2D eigenvalue weighted by atomic mass is 31.3. The first kappa shape index (κ1) is 13.3. The molecule has 1 atom stereocenters. The molecule has 80 valence electrons. The standard InChI is InChI=1S/C4H13NO6P2/c1-2-3-4-10-12(5,6)11-13(7,8)9/h2-4H2,1H3,(H2,5,6)(H2,7,8,9). The summed E-state index contributed by atoms with van der Waals surface area (Å²) in [6.07, 6.45) is 1.38. The van der Waals surface area contributed by atoms with E-state index < -0.39 is 15.6 Å². The summed E-state index contributed by atoms with van der Waals surface area (Å²) in [5, 5.41) is 6.89. The Bertz CT molecular complexity index is 237. The Morgan fingerprint density at radius 3 is 2.31 bits per heavy atom. The van der Waals surface area contributed by atoms with Gasteiger partial charge in [-0.1, -0.05) is 13.3 Å². The summed E-state index contributed by atoms with van der Waals surface area (Å²) in [4.78, 5) is 25.5. The van der Waals surface area contributed by atoms with Crippen molar-refractivity contribution in [2.75, 3.05) is 6.61 Å². The molecule has 0 bridgehead atoms. The molecule has 0 saturated carbocycles. The van der Waals surface area contributed by atoms with Crippen molar-refractivity contribution in [1.82, 2.24) is 0 Å². The topological polar surface area (TPSA) is 120 Å². The van der Waals surface area contributed by atoms with Crippen LogP contribution in [0.4, 0.5) is 0 Å². The lowest BCUT2D eigenvalue weighted by atomic mass is 10.4. The lowest BCUT2D eigenvalue weighted by Crippen LogP contribution is -1.94. The highest BCUT2D eigenvalue weighted by molar-refractivity contribution is 7.61. The minimum Gasteiger partial charge on any atom is -0.318 e. The first-order valence-corrected chi connectivity index (χ1v) is 6.66. The third-order valence-corrected chi connectivity index (χ3v) is 3.25. The van der Waals surface area contributed by atoms with Gasteiger partial charge in [0.25, 0.3) is 0 Å². The van der Waals surface area contributed by atoms with E-state index in [9.17, 15) is 4.57 Å². The van der Waals surface area contributed by atoms with Crippen LogP contribution in [0.5, 0.6) is 0 Å². The van der Waals surface area contributed by atoms with Crippen molar-refractivity contribution in [1.29, 1.82) is 5.16 Å². The summed E-state index contributed by atoms with van der Waals surface area (Å²) in [7, 11) is -8.96. The molecule has 7 nitrogen and oxygen atoms in total. The summed E-state index contributed by atoms with van der Waals surface area (Å²) in [5.41, 5.74) is 0. The molecule has 9 heteroatoms. The van der Waals surface area contributed by atoms with Gasteiger partial charge in [0.15, 0.2) is 0 Å². The van der Waals surface area contributed by atoms with Gasteiger partial charge in [-0.3, -0.25) is 0 Å². The molecule has 13 heavy (non-hydrogen) atoms. The normalized spacial score (nSPS) is 16.9. The maximum atomic E-state index is 10.2. The molecule has 0 aromatic carbocycles. The van der Waals surface area contributed by atoms with Crippen LogP contribution in [-0.4, -0.2) is 21.3 Å². The molecule has 0 aromatic rings. The van der Waals surface area contributed by atoms with Crippen molar-refractivity contribution >= 4 is 15.6 Å². The first-order valence-electron chi connectivity index (χ1n) is 3.55. The largest absolute Gasteiger partial charge is 0.477 e. The molecule has 1 unspecified atom stereocenters. The molecule has 0 radical (unpaired) electrons. The highest BCUT2D eigenvalue weighted by Crippen LogP contribution is 2.57. The van der Waals surface area contributed by atoms with E-state index in [0.717, 1.165) is 6.42 Å². The Kier molecular flexibility index (Phi) is 5.32. The van der Waals surface area contributed by atoms with E-state index in [1.54, 1.807) is 0 Å². The van der Waals surface area contributed by atoms with Gasteiger partial charge in [-0.05, 0) is 6.42 Å². The number of phosphoric acid groups is 1. The van der Waals surface area contributed by atoms with Crippen molar-refractivity contribution in [3.8, 4) is 0 Å². The van der Waals surface area contributed by atoms with Gasteiger partial charge in [0, 0.05) is 0 Å². The first-order chi connectivity index (χ1) is 5.77. The zero-order chi connectivity index (χ0) is 10.5. The molecule has 0 aliphatic rings. The van der Waals surface area contributed by atoms with Gasteiger partial charge in [0.05, 0.1) is 6.61 Å². The molecular formula is C4H13NO6P2. The Labute approximate surface area is 76.0 Å². The smallest absolute Gasteiger partial charge is 0.318 e. The van der Waals surface area contributed by atoms with Crippen LogP contribution in [0.25, 0.3) is 0 Å². The molecule has 0 aliphatic carbocycles. The van der Waals surface area contributed by atoms with Gasteiger partial charge in [0.2, 0.25) is 0 Å². The summed E-state index contributed by atoms with van der Waals surface area (Å²) in [6, 6.07) is 0. The highest BCUT2D eigenvalue weighted by Gasteiger charge is 2.27. The molecule has 0 heterocycles. The average molecular weight is 233 g/mol. The predicted octanol–water partition coefficient (Wildman–Crippen LogP) is 1.43. The van der Waals surface area contributed by atoms with Gasteiger partial charge in [0.1, 0.15) is 0 Å². The Hall–Kier alpha value is 0.260. The van der Waals surface area contributed by atoms with E-state index in [1.807, 2.05) is 6.92 Å². The maximum absolute atomic E-state index is 10.2. The second-order valence-corrected chi connectivity index (χ2v) is 5.21. The van der Waals surface area contributed by atoms with Crippen molar-refractivity contribution in [3.63, 3.8) is 0 Å². The Balaban J connectivity index is 3.95. The van der Waals surface area contributed by atoms with Crippen LogP contribution >= 0.6 is 15.6 Å². The van der Waals surface area contributed by atoms with Crippen LogP contribution in [0.3, 0.4) is 0 Å². The quantitative estimate of drug-likeness (QED) is 0.406. The summed E-state index contributed by atoms with van der Waals surface area (Å²) in [5.74, 6) is 0. The van der Waals surface area contributed by atoms with Crippen LogP contribution in [0.1, 0.15) is 19.8 Å². The van der Waals surface area contributed by atoms with Crippen LogP contribution < -0.4 is 0 Å². The summed E-state index contributed by atoms with van der Waals surface area (Å²) >= 11 is 0. The number of hydrogen-bond acceptors (Lipinski definition) is 4. The molecule has 0 spiro atoms. The van der Waals surface area contributed by atoms with E-state index in [-0.39, 0.29) is 6.61 Å². The van der Waals surface area contributed by atoms with Crippen LogP contribution in [-0.2, 0) is 13.4 Å². The number of nitrogens with one attached hydrogen (secondary N) is 1. The predicted molar refractivity (Wildman–Crippen MR) is 45.8 cm³/mol. The third-order valence-electron chi connectivity index (χ3n) is 0.981. The Morgan fingerprint density at radius 1 is 1.38 bits per heavy atom. The maximum Gasteiger partial charge on any atom is 0.477 e. The van der Waals surface area contributed by atoms with Crippen molar-refractivity contribution < 1.29 is 28.1 Å². The van der Waals surface area contributed by atoms with Crippen LogP contribution in [0.2, 0.25) is 0 Å². The molecule has 0 amide bonds. The number of rotatable bonds is 6. The fraction of sp³-hybridized carbons (Fsp3) is 1.00. The monoisotopic (exact) mass is 233 g/mol. The van der Waals surface area contributed by atoms with Crippen LogP contribution in [0, 0.1) is 5.16 Å². The number of unbranched alkanes of at least 4 members (excludes halogenated alkanes) is 1. The van der Waals surface area contributed by atoms with E-state index in [2.05, 4.69) is 8.83 Å². The fourth-order valence-electron chi connectivity index (χ4n) is 0.500. The Morgan fingerprint density at radius 2 is 1.92 bits per heavy atom. The zero-order valence-corrected chi connectivity index (χ0v) is 8.87. The molecule has 0 rings (SSSR count). The second-order valence-electron chi connectivity index (χ2n) is 2.28. The van der Waals surface area contributed by atoms with E-state index in [0.29, 0.717) is 6.42 Å². The molecule has 0 aromatic heterocycles. The van der Waals surface area contributed by atoms with Crippen molar-refractivity contribution in [2.24, 2.45) is 0 Å². The lowest BCUT2D eigenvalue weighted by Gasteiger charge is -2.15. The average Bonchev–Trinajstić information content (AvgIpc) is 1.81. The molecule has 0 saturated heterocycles. The fourth-order valence-corrected chi connectivity index (χ4v) is 2.22. The van der Waals surface area contributed by atoms with Gasteiger partial charge >= 0.3 is 15.6 Å². The van der Waals surface area contributed by atoms with E-state index in [4.69, 9.17) is 19.8 Å². The van der Waals surface area contributed by atoms with Crippen molar-refractivity contribution in [2.45, 2.75) is 19.8 Å². The minimum atomic E-state index is -4.85. The number of hydrogen-bond donors (Lipinski definition) is 4. The molecule has 4 N–H and O–H groups in total. The van der Waals surface area contributed by atoms with E-state index >= 15 is 0 Å². The van der Waals surface area contributed by atoms with Gasteiger partial charge in [-0.15, -0.1) is 0 Å². The molecule has 0 fully saturated rings. The minimum absolute atomic E-state index is 0.0459.